The summed E-state index contributed by atoms with van der Waals surface area (Å²) in [5.74, 6) is -1.68. The van der Waals surface area contributed by atoms with Crippen molar-refractivity contribution in [2.45, 2.75) is 105 Å². The van der Waals surface area contributed by atoms with Crippen LogP contribution in [0.1, 0.15) is 74.8 Å². The van der Waals surface area contributed by atoms with Gasteiger partial charge in [-0.3, -0.25) is 9.59 Å². The van der Waals surface area contributed by atoms with Crippen LogP contribution in [0.25, 0.3) is 0 Å². The van der Waals surface area contributed by atoms with Crippen molar-refractivity contribution in [1.29, 1.82) is 0 Å². The minimum Gasteiger partial charge on any atom is -0.481 e. The number of carbonyl (C=O) groups is 3. The maximum Gasteiger partial charge on any atom is 0.416 e. The molecule has 1 heterocycles. The molecule has 210 valence electrons. The molecular weight excluding hydrogens is 486 g/mol. The smallest absolute Gasteiger partial charge is 0.416 e. The molecule has 1 saturated heterocycles. The Labute approximate surface area is 225 Å². The lowest BCUT2D eigenvalue weighted by Gasteiger charge is -2.44. The number of carboxylic acids is 1. The molecule has 0 radical (unpaired) electrons. The zero-order valence-corrected chi connectivity index (χ0v) is 26.0. The summed E-state index contributed by atoms with van der Waals surface area (Å²) in [5, 5.41) is 9.15. The van der Waals surface area contributed by atoms with Crippen LogP contribution in [0.5, 0.6) is 0 Å². The van der Waals surface area contributed by atoms with Crippen LogP contribution in [0.4, 0.5) is 4.79 Å². The largest absolute Gasteiger partial charge is 0.481 e. The molecule has 0 aliphatic carbocycles. The first-order valence-electron chi connectivity index (χ1n) is 13.1. The predicted molar refractivity (Wildman–Crippen MR) is 150 cm³/mol. The molecule has 0 unspecified atom stereocenters. The molecule has 7 nitrogen and oxygen atoms in total. The van der Waals surface area contributed by atoms with E-state index in [0.717, 1.165) is 5.56 Å². The van der Waals surface area contributed by atoms with Gasteiger partial charge in [0.2, 0.25) is 5.91 Å². The molecule has 0 aromatic heterocycles. The summed E-state index contributed by atoms with van der Waals surface area (Å²) in [5.41, 5.74) is 0.300. The van der Waals surface area contributed by atoms with Gasteiger partial charge in [-0.2, -0.15) is 0 Å². The van der Waals surface area contributed by atoms with Crippen LogP contribution in [0, 0.1) is 17.3 Å². The number of hydrogen-bond donors (Lipinski definition) is 1. The van der Waals surface area contributed by atoms with E-state index >= 15 is 0 Å². The number of ether oxygens (including phenoxy) is 1. The standard InChI is InChI=1S/C17H23NO3.C12H26O3Si/c1-12(17(2,3)4)15(19)18-14(11-21-16(18)20)10-13-8-6-5-7-9-13;1-9(10(13)14)12(5,6)15-16(7,8)11(2,3)4/h5-9,12,14H,10-11H2,1-4H3;9H,1-8H3,(H,13,14)/t12-,14-;9-/m11/s1. The molecule has 3 atom stereocenters. The highest BCUT2D eigenvalue weighted by Crippen LogP contribution is 2.40. The van der Waals surface area contributed by atoms with Gasteiger partial charge in [-0.15, -0.1) is 0 Å². The zero-order valence-electron chi connectivity index (χ0n) is 25.0. The molecule has 1 aromatic carbocycles. The zero-order chi connectivity index (χ0) is 29.0. The highest BCUT2D eigenvalue weighted by molar-refractivity contribution is 6.74. The molecule has 1 fully saturated rings. The lowest BCUT2D eigenvalue weighted by atomic mass is 9.81. The highest BCUT2D eigenvalue weighted by atomic mass is 28.4. The van der Waals surface area contributed by atoms with Crippen molar-refractivity contribution < 1.29 is 28.7 Å². The monoisotopic (exact) mass is 535 g/mol. The van der Waals surface area contributed by atoms with Crippen molar-refractivity contribution in [2.24, 2.45) is 17.3 Å². The number of amides is 2. The van der Waals surface area contributed by atoms with Gasteiger partial charge in [-0.1, -0.05) is 78.8 Å². The van der Waals surface area contributed by atoms with Crippen molar-refractivity contribution in [3.05, 3.63) is 35.9 Å². The first-order valence-corrected chi connectivity index (χ1v) is 16.0. The summed E-state index contributed by atoms with van der Waals surface area (Å²) in [6, 6.07) is 9.65. The molecule has 0 bridgehead atoms. The fourth-order valence-corrected chi connectivity index (χ4v) is 5.34. The fourth-order valence-electron chi connectivity index (χ4n) is 3.54. The van der Waals surface area contributed by atoms with Gasteiger partial charge in [-0.25, -0.2) is 9.69 Å². The Hall–Kier alpha value is -2.19. The summed E-state index contributed by atoms with van der Waals surface area (Å²) < 4.78 is 11.3. The Bertz CT molecular complexity index is 930. The van der Waals surface area contributed by atoms with Gasteiger partial charge in [0.05, 0.1) is 17.6 Å². The topological polar surface area (TPSA) is 93.1 Å². The number of hydrogen-bond acceptors (Lipinski definition) is 5. The van der Waals surface area contributed by atoms with Crippen molar-refractivity contribution in [3.8, 4) is 0 Å². The van der Waals surface area contributed by atoms with E-state index in [1.807, 2.05) is 71.9 Å². The van der Waals surface area contributed by atoms with Crippen LogP contribution in [0.15, 0.2) is 30.3 Å². The summed E-state index contributed by atoms with van der Waals surface area (Å²) in [6.07, 6.45) is 0.117. The molecule has 2 amide bonds. The molecule has 1 aliphatic rings. The van der Waals surface area contributed by atoms with Crippen molar-refractivity contribution in [2.75, 3.05) is 6.61 Å². The number of nitrogens with zero attached hydrogens (tertiary/aromatic N) is 1. The van der Waals surface area contributed by atoms with Gasteiger partial charge in [0.15, 0.2) is 8.32 Å². The lowest BCUT2D eigenvalue weighted by molar-refractivity contribution is -0.148. The number of imide groups is 1. The normalized spacial score (nSPS) is 18.4. The molecule has 0 spiro atoms. The number of carboxylic acid groups (broad SMARTS) is 1. The van der Waals surface area contributed by atoms with E-state index in [9.17, 15) is 14.4 Å². The van der Waals surface area contributed by atoms with Gasteiger partial charge in [0.25, 0.3) is 0 Å². The molecule has 8 heteroatoms. The molecule has 2 rings (SSSR count). The number of benzene rings is 1. The van der Waals surface area contributed by atoms with Gasteiger partial charge in [-0.05, 0) is 56.3 Å². The van der Waals surface area contributed by atoms with Gasteiger partial charge in [0.1, 0.15) is 6.61 Å². The Balaban J connectivity index is 0.000000387. The van der Waals surface area contributed by atoms with Crippen LogP contribution in [0.3, 0.4) is 0 Å². The Kier molecular flexibility index (Phi) is 10.7. The summed E-state index contributed by atoms with van der Waals surface area (Å²) in [4.78, 5) is 36.9. The minimum absolute atomic E-state index is 0.0997. The average molecular weight is 536 g/mol. The number of carbonyl (C=O) groups excluding carboxylic acids is 2. The van der Waals surface area contributed by atoms with Crippen LogP contribution in [-0.2, 0) is 25.2 Å². The summed E-state index contributed by atoms with van der Waals surface area (Å²) >= 11 is 0. The van der Waals surface area contributed by atoms with Crippen molar-refractivity contribution in [3.63, 3.8) is 0 Å². The van der Waals surface area contributed by atoms with Crippen LogP contribution in [-0.4, -0.2) is 54.5 Å². The van der Waals surface area contributed by atoms with Crippen LogP contribution in [0.2, 0.25) is 18.1 Å². The Morgan fingerprint density at radius 3 is 1.97 bits per heavy atom. The van der Waals surface area contributed by atoms with E-state index in [1.54, 1.807) is 6.92 Å². The molecular formula is C29H49NO6Si. The quantitative estimate of drug-likeness (QED) is 0.388. The average Bonchev–Trinajstić information content (AvgIpc) is 3.10. The molecule has 37 heavy (non-hydrogen) atoms. The second-order valence-corrected chi connectivity index (χ2v) is 18.0. The third-order valence-corrected chi connectivity index (χ3v) is 12.6. The van der Waals surface area contributed by atoms with Crippen molar-refractivity contribution >= 4 is 26.3 Å². The van der Waals surface area contributed by atoms with E-state index < -0.39 is 31.9 Å². The first-order chi connectivity index (χ1) is 16.6. The Morgan fingerprint density at radius 2 is 1.54 bits per heavy atom. The third kappa shape index (κ3) is 8.95. The van der Waals surface area contributed by atoms with E-state index in [2.05, 4.69) is 33.9 Å². The van der Waals surface area contributed by atoms with Gasteiger partial charge in [0, 0.05) is 5.92 Å². The highest BCUT2D eigenvalue weighted by Gasteiger charge is 2.45. The van der Waals surface area contributed by atoms with E-state index in [1.165, 1.54) is 4.90 Å². The van der Waals surface area contributed by atoms with Crippen LogP contribution >= 0.6 is 0 Å². The Morgan fingerprint density at radius 1 is 1.03 bits per heavy atom. The second-order valence-electron chi connectivity index (χ2n) is 13.2. The second kappa shape index (κ2) is 12.1. The summed E-state index contributed by atoms with van der Waals surface area (Å²) in [7, 11) is -1.91. The van der Waals surface area contributed by atoms with Crippen molar-refractivity contribution in [1.82, 2.24) is 4.90 Å². The molecule has 0 saturated carbocycles. The predicted octanol–water partition coefficient (Wildman–Crippen LogP) is 6.77. The first kappa shape index (κ1) is 32.8. The maximum absolute atomic E-state index is 12.6. The minimum atomic E-state index is -1.91. The van der Waals surface area contributed by atoms with Gasteiger partial charge < -0.3 is 14.3 Å². The number of cyclic esters (lactones) is 1. The molecule has 1 N–H and O–H groups in total. The third-order valence-electron chi connectivity index (χ3n) is 7.92. The fraction of sp³-hybridized carbons (Fsp3) is 0.690. The van der Waals surface area contributed by atoms with Crippen LogP contribution < -0.4 is 0 Å². The summed E-state index contributed by atoms with van der Waals surface area (Å²) in [6.45, 7) is 24.3. The SMILES string of the molecule is C[C@H](C(=O)N1C(=O)OC[C@H]1Cc1ccccc1)C(C)(C)C.C[C@H](C(=O)O)C(C)(C)O[Si](C)(C)C(C)(C)C. The maximum atomic E-state index is 12.6. The van der Waals surface area contributed by atoms with Gasteiger partial charge >= 0.3 is 12.1 Å². The molecule has 1 aromatic rings. The van der Waals surface area contributed by atoms with E-state index in [0.29, 0.717) is 6.42 Å². The lowest BCUT2D eigenvalue weighted by Crippen LogP contribution is -2.51. The molecule has 1 aliphatic heterocycles. The van der Waals surface area contributed by atoms with E-state index in [-0.39, 0.29) is 34.9 Å². The number of aliphatic carboxylic acids is 1. The number of rotatable bonds is 7. The van der Waals surface area contributed by atoms with E-state index in [4.69, 9.17) is 14.3 Å².